The minimum atomic E-state index is -0.327. The zero-order chi connectivity index (χ0) is 11.5. The quantitative estimate of drug-likeness (QED) is 0.733. The van der Waals surface area contributed by atoms with Crippen LogP contribution in [0.2, 0.25) is 0 Å². The smallest absolute Gasteiger partial charge is 0.122 e. The fourth-order valence-corrected chi connectivity index (χ4v) is 1.23. The zero-order valence-corrected chi connectivity index (χ0v) is 10.5. The summed E-state index contributed by atoms with van der Waals surface area (Å²) in [6, 6.07) is 7.98. The van der Waals surface area contributed by atoms with Crippen LogP contribution >= 0.6 is 11.6 Å². The third kappa shape index (κ3) is 3.63. The molecule has 0 saturated heterocycles. The lowest BCUT2D eigenvalue weighted by molar-refractivity contribution is 0.134. The first-order valence-corrected chi connectivity index (χ1v) is 5.50. The van der Waals surface area contributed by atoms with Crippen molar-refractivity contribution in [3.63, 3.8) is 0 Å². The third-order valence-electron chi connectivity index (χ3n) is 2.05. The summed E-state index contributed by atoms with van der Waals surface area (Å²) in [7, 11) is 4.01. The van der Waals surface area contributed by atoms with Crippen molar-refractivity contribution in [3.05, 3.63) is 24.3 Å². The van der Waals surface area contributed by atoms with E-state index in [4.69, 9.17) is 16.3 Å². The van der Waals surface area contributed by atoms with Crippen LogP contribution in [0.3, 0.4) is 0 Å². The molecule has 0 heterocycles. The Labute approximate surface area is 96.8 Å². The molecule has 1 rings (SSSR count). The summed E-state index contributed by atoms with van der Waals surface area (Å²) < 4.78 is 5.78. The number of ether oxygens (including phenoxy) is 1. The second kappa shape index (κ2) is 4.75. The summed E-state index contributed by atoms with van der Waals surface area (Å²) in [5.74, 6) is 1.32. The maximum atomic E-state index is 5.81. The van der Waals surface area contributed by atoms with Crippen LogP contribution in [0.25, 0.3) is 0 Å². The van der Waals surface area contributed by atoms with Crippen molar-refractivity contribution in [2.75, 3.05) is 24.9 Å². The van der Waals surface area contributed by atoms with Crippen molar-refractivity contribution in [2.24, 2.45) is 0 Å². The molecule has 0 unspecified atom stereocenters. The van der Waals surface area contributed by atoms with Gasteiger partial charge in [0, 0.05) is 25.8 Å². The van der Waals surface area contributed by atoms with Crippen LogP contribution in [-0.4, -0.2) is 25.6 Å². The molecule has 0 spiro atoms. The van der Waals surface area contributed by atoms with E-state index in [1.807, 2.05) is 57.1 Å². The highest BCUT2D eigenvalue weighted by Crippen LogP contribution is 2.23. The van der Waals surface area contributed by atoms with E-state index < -0.39 is 0 Å². The van der Waals surface area contributed by atoms with E-state index in [1.54, 1.807) is 0 Å². The lowest BCUT2D eigenvalue weighted by Crippen LogP contribution is -2.30. The molecule has 0 aromatic heterocycles. The highest BCUT2D eigenvalue weighted by molar-refractivity contribution is 6.18. The number of alkyl halides is 1. The molecule has 0 saturated carbocycles. The second-order valence-electron chi connectivity index (χ2n) is 4.39. The fourth-order valence-electron chi connectivity index (χ4n) is 1.17. The summed E-state index contributed by atoms with van der Waals surface area (Å²) in [6.45, 7) is 3.95. The summed E-state index contributed by atoms with van der Waals surface area (Å²) in [6.07, 6.45) is 0. The van der Waals surface area contributed by atoms with Gasteiger partial charge >= 0.3 is 0 Å². The Hall–Kier alpha value is -0.890. The van der Waals surface area contributed by atoms with Crippen LogP contribution in [0.15, 0.2) is 24.3 Å². The third-order valence-corrected chi connectivity index (χ3v) is 2.69. The van der Waals surface area contributed by atoms with Gasteiger partial charge in [-0.05, 0) is 26.0 Å². The number of rotatable bonds is 4. The van der Waals surface area contributed by atoms with E-state index in [1.165, 1.54) is 0 Å². The molecular formula is C12H18ClNO. The molecule has 0 fully saturated rings. The van der Waals surface area contributed by atoms with Crippen molar-refractivity contribution in [3.8, 4) is 5.75 Å². The molecule has 2 nitrogen and oxygen atoms in total. The van der Waals surface area contributed by atoms with Gasteiger partial charge in [0.2, 0.25) is 0 Å². The fraction of sp³-hybridized carbons (Fsp3) is 0.500. The zero-order valence-electron chi connectivity index (χ0n) is 9.75. The Kier molecular flexibility index (Phi) is 3.86. The summed E-state index contributed by atoms with van der Waals surface area (Å²) in [5, 5.41) is 0. The van der Waals surface area contributed by atoms with Crippen LogP contribution in [0.1, 0.15) is 13.8 Å². The van der Waals surface area contributed by atoms with Gasteiger partial charge in [-0.15, -0.1) is 11.6 Å². The normalized spacial score (nSPS) is 11.3. The highest BCUT2D eigenvalue weighted by Gasteiger charge is 2.18. The minimum absolute atomic E-state index is 0.327. The van der Waals surface area contributed by atoms with Crippen LogP contribution in [-0.2, 0) is 0 Å². The van der Waals surface area contributed by atoms with Gasteiger partial charge in [-0.2, -0.15) is 0 Å². The maximum absolute atomic E-state index is 5.81. The Balaban J connectivity index is 2.82. The standard InChI is InChI=1S/C12H18ClNO/c1-12(2,9-13)15-11-7-5-6-10(8-11)14(3)4/h5-8H,9H2,1-4H3. The van der Waals surface area contributed by atoms with Gasteiger partial charge in [0.25, 0.3) is 0 Å². The second-order valence-corrected chi connectivity index (χ2v) is 4.65. The molecule has 3 heteroatoms. The first kappa shape index (κ1) is 12.2. The van der Waals surface area contributed by atoms with Crippen LogP contribution in [0.5, 0.6) is 5.75 Å². The molecule has 0 atom stereocenters. The molecule has 0 radical (unpaired) electrons. The SMILES string of the molecule is CN(C)c1cccc(OC(C)(C)CCl)c1. The lowest BCUT2D eigenvalue weighted by atomic mass is 10.2. The van der Waals surface area contributed by atoms with E-state index in [-0.39, 0.29) is 5.60 Å². The minimum Gasteiger partial charge on any atom is -0.487 e. The van der Waals surface area contributed by atoms with Gasteiger partial charge in [-0.3, -0.25) is 0 Å². The molecule has 15 heavy (non-hydrogen) atoms. The maximum Gasteiger partial charge on any atom is 0.122 e. The summed E-state index contributed by atoms with van der Waals surface area (Å²) in [5.41, 5.74) is 0.796. The van der Waals surface area contributed by atoms with E-state index in [0.29, 0.717) is 5.88 Å². The first-order valence-electron chi connectivity index (χ1n) is 4.97. The molecule has 0 amide bonds. The number of anilines is 1. The molecule has 0 bridgehead atoms. The van der Waals surface area contributed by atoms with Gasteiger partial charge in [0.15, 0.2) is 0 Å². The number of hydrogen-bond acceptors (Lipinski definition) is 2. The highest BCUT2D eigenvalue weighted by atomic mass is 35.5. The average Bonchev–Trinajstić information content (AvgIpc) is 2.17. The molecule has 0 aliphatic heterocycles. The van der Waals surface area contributed by atoms with Crippen molar-refractivity contribution in [1.82, 2.24) is 0 Å². The van der Waals surface area contributed by atoms with Crippen molar-refractivity contribution in [1.29, 1.82) is 0 Å². The number of hydrogen-bond donors (Lipinski definition) is 0. The largest absolute Gasteiger partial charge is 0.487 e. The molecular weight excluding hydrogens is 210 g/mol. The lowest BCUT2D eigenvalue weighted by Gasteiger charge is -2.24. The first-order chi connectivity index (χ1) is 6.94. The van der Waals surface area contributed by atoms with Gasteiger partial charge < -0.3 is 9.64 Å². The van der Waals surface area contributed by atoms with Gasteiger partial charge in [-0.25, -0.2) is 0 Å². The Morgan fingerprint density at radius 1 is 1.33 bits per heavy atom. The molecule has 84 valence electrons. The summed E-state index contributed by atoms with van der Waals surface area (Å²) >= 11 is 5.81. The Morgan fingerprint density at radius 3 is 2.53 bits per heavy atom. The number of benzene rings is 1. The Bertz CT molecular complexity index is 323. The van der Waals surface area contributed by atoms with Crippen LogP contribution in [0, 0.1) is 0 Å². The van der Waals surface area contributed by atoms with Gasteiger partial charge in [-0.1, -0.05) is 6.07 Å². The van der Waals surface area contributed by atoms with E-state index in [9.17, 15) is 0 Å². The molecule has 0 aliphatic rings. The molecule has 0 N–H and O–H groups in total. The van der Waals surface area contributed by atoms with Gasteiger partial charge in [0.1, 0.15) is 11.4 Å². The van der Waals surface area contributed by atoms with Crippen LogP contribution in [0.4, 0.5) is 5.69 Å². The van der Waals surface area contributed by atoms with Gasteiger partial charge in [0.05, 0.1) is 5.88 Å². The van der Waals surface area contributed by atoms with Crippen molar-refractivity contribution >= 4 is 17.3 Å². The topological polar surface area (TPSA) is 12.5 Å². The van der Waals surface area contributed by atoms with E-state index >= 15 is 0 Å². The van der Waals surface area contributed by atoms with E-state index in [2.05, 4.69) is 0 Å². The predicted molar refractivity (Wildman–Crippen MR) is 66.2 cm³/mol. The predicted octanol–water partition coefficient (Wildman–Crippen LogP) is 3.15. The number of halogens is 1. The Morgan fingerprint density at radius 2 is 2.00 bits per heavy atom. The monoisotopic (exact) mass is 227 g/mol. The molecule has 1 aromatic rings. The van der Waals surface area contributed by atoms with Crippen molar-refractivity contribution in [2.45, 2.75) is 19.4 Å². The molecule has 0 aliphatic carbocycles. The average molecular weight is 228 g/mol. The number of nitrogens with zero attached hydrogens (tertiary/aromatic N) is 1. The van der Waals surface area contributed by atoms with Crippen molar-refractivity contribution < 1.29 is 4.74 Å². The van der Waals surface area contributed by atoms with Crippen LogP contribution < -0.4 is 9.64 Å². The molecule has 1 aromatic carbocycles. The summed E-state index contributed by atoms with van der Waals surface area (Å²) in [4.78, 5) is 2.04. The van der Waals surface area contributed by atoms with E-state index in [0.717, 1.165) is 11.4 Å².